The second-order valence-electron chi connectivity index (χ2n) is 5.02. The lowest BCUT2D eigenvalue weighted by Crippen LogP contribution is -2.32. The lowest BCUT2D eigenvalue weighted by molar-refractivity contribution is 0.0939. The van der Waals surface area contributed by atoms with Crippen molar-refractivity contribution in [2.45, 2.75) is 26.2 Å². The molecule has 1 aliphatic carbocycles. The summed E-state index contributed by atoms with van der Waals surface area (Å²) in [4.78, 5) is 12.1. The second-order valence-corrected chi connectivity index (χ2v) is 5.02. The predicted octanol–water partition coefficient (Wildman–Crippen LogP) is 1.87. The molecule has 1 aliphatic rings. The van der Waals surface area contributed by atoms with Gasteiger partial charge in [0.15, 0.2) is 0 Å². The third-order valence-electron chi connectivity index (χ3n) is 3.50. The van der Waals surface area contributed by atoms with Crippen LogP contribution in [0.25, 0.3) is 0 Å². The average molecular weight is 257 g/mol. The van der Waals surface area contributed by atoms with Crippen LogP contribution in [0.3, 0.4) is 0 Å². The zero-order valence-electron chi connectivity index (χ0n) is 11.2. The molecule has 1 saturated carbocycles. The Bertz CT molecular complexity index is 521. The molecule has 0 bridgehead atoms. The molecule has 0 saturated heterocycles. The number of rotatable bonds is 3. The van der Waals surface area contributed by atoms with E-state index in [0.717, 1.165) is 12.1 Å². The molecule has 0 atom stereocenters. The number of benzene rings is 1. The predicted molar refractivity (Wildman–Crippen MR) is 74.8 cm³/mol. The third kappa shape index (κ3) is 3.59. The summed E-state index contributed by atoms with van der Waals surface area (Å²) in [5.41, 5.74) is 2.32. The third-order valence-corrected chi connectivity index (χ3v) is 3.50. The molecular formula is C16H19NO2. The van der Waals surface area contributed by atoms with Crippen molar-refractivity contribution in [2.24, 2.45) is 5.92 Å². The van der Waals surface area contributed by atoms with Gasteiger partial charge >= 0.3 is 0 Å². The van der Waals surface area contributed by atoms with Gasteiger partial charge in [0.2, 0.25) is 0 Å². The number of hydrogen-bond acceptors (Lipinski definition) is 2. The highest BCUT2D eigenvalue weighted by molar-refractivity contribution is 5.96. The first-order chi connectivity index (χ1) is 9.20. The maximum atomic E-state index is 12.1. The van der Waals surface area contributed by atoms with Crippen LogP contribution in [0.2, 0.25) is 0 Å². The van der Waals surface area contributed by atoms with Gasteiger partial charge in [0.05, 0.1) is 5.56 Å². The van der Waals surface area contributed by atoms with Gasteiger partial charge in [-0.05, 0) is 43.4 Å². The number of aryl methyl sites for hydroxylation is 1. The zero-order valence-corrected chi connectivity index (χ0v) is 11.2. The van der Waals surface area contributed by atoms with Gasteiger partial charge in [0.1, 0.15) is 6.61 Å². The van der Waals surface area contributed by atoms with Gasteiger partial charge in [-0.25, -0.2) is 0 Å². The zero-order chi connectivity index (χ0) is 13.7. The van der Waals surface area contributed by atoms with E-state index < -0.39 is 0 Å². The molecule has 2 rings (SSSR count). The van der Waals surface area contributed by atoms with Crippen molar-refractivity contribution in [1.29, 1.82) is 0 Å². The van der Waals surface area contributed by atoms with Crippen LogP contribution < -0.4 is 5.32 Å². The Hall–Kier alpha value is -1.79. The Morgan fingerprint density at radius 1 is 1.47 bits per heavy atom. The van der Waals surface area contributed by atoms with E-state index in [2.05, 4.69) is 17.2 Å². The fraction of sp³-hybridized carbons (Fsp3) is 0.438. The Morgan fingerprint density at radius 2 is 2.26 bits per heavy atom. The first-order valence-electron chi connectivity index (χ1n) is 6.69. The smallest absolute Gasteiger partial charge is 0.252 e. The number of aliphatic hydroxyl groups is 1. The molecule has 0 radical (unpaired) electrons. The van der Waals surface area contributed by atoms with Crippen molar-refractivity contribution in [3.05, 3.63) is 34.9 Å². The standard InChI is InChI=1S/C16H19NO2/c1-12-7-8-15(14(10-12)6-3-9-18)16(19)17-11-13-4-2-5-13/h7-8,10,13,18H,2,4-5,9,11H2,1H3,(H,17,19). The summed E-state index contributed by atoms with van der Waals surface area (Å²) in [6.07, 6.45) is 3.70. The molecule has 3 nitrogen and oxygen atoms in total. The minimum Gasteiger partial charge on any atom is -0.384 e. The Labute approximate surface area is 114 Å². The van der Waals surface area contributed by atoms with Crippen LogP contribution in [0.4, 0.5) is 0 Å². The first kappa shape index (κ1) is 13.6. The van der Waals surface area contributed by atoms with Crippen molar-refractivity contribution in [2.75, 3.05) is 13.2 Å². The van der Waals surface area contributed by atoms with Crippen molar-refractivity contribution in [3.8, 4) is 11.8 Å². The van der Waals surface area contributed by atoms with Gasteiger partial charge in [-0.1, -0.05) is 24.3 Å². The molecule has 19 heavy (non-hydrogen) atoms. The lowest BCUT2D eigenvalue weighted by atomic mass is 9.85. The molecular weight excluding hydrogens is 238 g/mol. The molecule has 0 aliphatic heterocycles. The first-order valence-corrected chi connectivity index (χ1v) is 6.69. The number of carbonyl (C=O) groups is 1. The van der Waals surface area contributed by atoms with Crippen LogP contribution in [-0.2, 0) is 0 Å². The molecule has 0 spiro atoms. The van der Waals surface area contributed by atoms with Crippen molar-refractivity contribution in [3.63, 3.8) is 0 Å². The highest BCUT2D eigenvalue weighted by Gasteiger charge is 2.19. The van der Waals surface area contributed by atoms with Crippen molar-refractivity contribution < 1.29 is 9.90 Å². The van der Waals surface area contributed by atoms with E-state index in [-0.39, 0.29) is 12.5 Å². The maximum Gasteiger partial charge on any atom is 0.252 e. The number of hydrogen-bond donors (Lipinski definition) is 2. The number of carbonyl (C=O) groups excluding carboxylic acids is 1. The highest BCUT2D eigenvalue weighted by Crippen LogP contribution is 2.25. The fourth-order valence-electron chi connectivity index (χ4n) is 2.12. The SMILES string of the molecule is Cc1ccc(C(=O)NCC2CCC2)c(C#CCO)c1. The van der Waals surface area contributed by atoms with Crippen LogP contribution in [0, 0.1) is 24.7 Å². The number of aliphatic hydroxyl groups excluding tert-OH is 1. The summed E-state index contributed by atoms with van der Waals surface area (Å²) in [5.74, 6) is 6.00. The van der Waals surface area contributed by atoms with Crippen LogP contribution >= 0.6 is 0 Å². The van der Waals surface area contributed by atoms with Gasteiger partial charge < -0.3 is 10.4 Å². The molecule has 3 heteroatoms. The summed E-state index contributed by atoms with van der Waals surface area (Å²) in [6, 6.07) is 5.58. The number of amides is 1. The summed E-state index contributed by atoms with van der Waals surface area (Å²) in [5, 5.41) is 11.7. The topological polar surface area (TPSA) is 49.3 Å². The van der Waals surface area contributed by atoms with Crippen molar-refractivity contribution in [1.82, 2.24) is 5.32 Å². The molecule has 2 N–H and O–H groups in total. The Morgan fingerprint density at radius 3 is 2.89 bits per heavy atom. The van der Waals surface area contributed by atoms with Crippen LogP contribution in [-0.4, -0.2) is 24.2 Å². The summed E-state index contributed by atoms with van der Waals surface area (Å²) < 4.78 is 0. The monoisotopic (exact) mass is 257 g/mol. The minimum absolute atomic E-state index is 0.0749. The van der Waals surface area contributed by atoms with E-state index in [1.807, 2.05) is 19.1 Å². The number of nitrogens with one attached hydrogen (secondary N) is 1. The molecule has 100 valence electrons. The van der Waals surface area contributed by atoms with Crippen LogP contribution in [0.15, 0.2) is 18.2 Å². The van der Waals surface area contributed by atoms with E-state index >= 15 is 0 Å². The van der Waals surface area contributed by atoms with Gasteiger partial charge in [0.25, 0.3) is 5.91 Å². The lowest BCUT2D eigenvalue weighted by Gasteiger charge is -2.25. The van der Waals surface area contributed by atoms with E-state index in [0.29, 0.717) is 17.0 Å². The molecule has 0 heterocycles. The molecule has 0 unspecified atom stereocenters. The molecule has 1 aromatic rings. The van der Waals surface area contributed by atoms with Gasteiger partial charge in [-0.3, -0.25) is 4.79 Å². The van der Waals surface area contributed by atoms with Crippen LogP contribution in [0.5, 0.6) is 0 Å². The second kappa shape index (κ2) is 6.40. The molecule has 1 aromatic carbocycles. The summed E-state index contributed by atoms with van der Waals surface area (Å²) in [7, 11) is 0. The highest BCUT2D eigenvalue weighted by atomic mass is 16.2. The average Bonchev–Trinajstić information content (AvgIpc) is 2.34. The summed E-state index contributed by atoms with van der Waals surface area (Å²) >= 11 is 0. The Kier molecular flexibility index (Phi) is 4.59. The molecule has 1 amide bonds. The van der Waals surface area contributed by atoms with Crippen molar-refractivity contribution >= 4 is 5.91 Å². The van der Waals surface area contributed by atoms with E-state index in [1.165, 1.54) is 19.3 Å². The van der Waals surface area contributed by atoms with Gasteiger partial charge in [-0.15, -0.1) is 0 Å². The largest absolute Gasteiger partial charge is 0.384 e. The molecule has 0 aromatic heterocycles. The molecule has 1 fully saturated rings. The summed E-state index contributed by atoms with van der Waals surface area (Å²) in [6.45, 7) is 2.51. The quantitative estimate of drug-likeness (QED) is 0.812. The van der Waals surface area contributed by atoms with E-state index in [9.17, 15) is 4.79 Å². The van der Waals surface area contributed by atoms with E-state index in [4.69, 9.17) is 5.11 Å². The maximum absolute atomic E-state index is 12.1. The normalized spacial score (nSPS) is 14.2. The Balaban J connectivity index is 2.10. The van der Waals surface area contributed by atoms with E-state index in [1.54, 1.807) is 6.07 Å². The fourth-order valence-corrected chi connectivity index (χ4v) is 2.12. The van der Waals surface area contributed by atoms with Gasteiger partial charge in [-0.2, -0.15) is 0 Å². The van der Waals surface area contributed by atoms with Gasteiger partial charge in [0, 0.05) is 12.1 Å². The minimum atomic E-state index is -0.197. The van der Waals surface area contributed by atoms with Crippen LogP contribution in [0.1, 0.15) is 40.7 Å².